The van der Waals surface area contributed by atoms with Gasteiger partial charge in [0.1, 0.15) is 29.1 Å². The predicted octanol–water partition coefficient (Wildman–Crippen LogP) is 1.37. The first-order valence-corrected chi connectivity index (χ1v) is 5.52. The quantitative estimate of drug-likeness (QED) is 0.800. The number of aliphatic hydroxyl groups is 1. The van der Waals surface area contributed by atoms with Gasteiger partial charge in [0.15, 0.2) is 5.78 Å². The number of nitrogens with two attached hydrogens (primary N) is 1. The Balaban J connectivity index is 2.56. The molecule has 2 unspecified atom stereocenters. The fourth-order valence-electron chi connectivity index (χ4n) is 2.34. The molecular weight excluding hydrogens is 247 g/mol. The maximum absolute atomic E-state index is 13.6. The van der Waals surface area contributed by atoms with Crippen LogP contribution in [0.5, 0.6) is 0 Å². The third kappa shape index (κ3) is 1.91. The molecule has 0 aromatic heterocycles. The molecule has 1 fully saturated rings. The lowest BCUT2D eigenvalue weighted by molar-refractivity contribution is -0.136. The second-order valence-electron chi connectivity index (χ2n) is 4.49. The van der Waals surface area contributed by atoms with Crippen LogP contribution < -0.4 is 5.73 Å². The van der Waals surface area contributed by atoms with E-state index in [0.29, 0.717) is 18.6 Å². The number of carbonyl (C=O) groups is 1. The van der Waals surface area contributed by atoms with Gasteiger partial charge in [-0.1, -0.05) is 0 Å². The van der Waals surface area contributed by atoms with Gasteiger partial charge in [0, 0.05) is 12.1 Å². The minimum Gasteiger partial charge on any atom is -0.385 e. The molecule has 0 spiro atoms. The first-order valence-electron chi connectivity index (χ1n) is 5.52. The molecule has 0 heterocycles. The lowest BCUT2D eigenvalue weighted by Crippen LogP contribution is -2.53. The molecule has 2 rings (SSSR count). The second-order valence-corrected chi connectivity index (χ2v) is 4.49. The van der Waals surface area contributed by atoms with E-state index in [9.17, 15) is 23.1 Å². The van der Waals surface area contributed by atoms with Crippen molar-refractivity contribution in [3.63, 3.8) is 0 Å². The summed E-state index contributed by atoms with van der Waals surface area (Å²) < 4.78 is 40.1. The monoisotopic (exact) mass is 259 g/mol. The molecule has 18 heavy (non-hydrogen) atoms. The summed E-state index contributed by atoms with van der Waals surface area (Å²) in [5.41, 5.74) is 3.15. The number of hydrogen-bond acceptors (Lipinski definition) is 3. The maximum Gasteiger partial charge on any atom is 0.185 e. The Hall–Kier alpha value is -1.40. The lowest BCUT2D eigenvalue weighted by Gasteiger charge is -2.35. The van der Waals surface area contributed by atoms with Crippen LogP contribution in [-0.4, -0.2) is 17.0 Å². The summed E-state index contributed by atoms with van der Waals surface area (Å²) in [6.07, 6.45) is -0.753. The Morgan fingerprint density at radius 3 is 2.39 bits per heavy atom. The molecule has 1 saturated carbocycles. The number of halogens is 3. The van der Waals surface area contributed by atoms with Gasteiger partial charge in [-0.05, 0) is 19.3 Å². The number of rotatable bonds is 1. The van der Waals surface area contributed by atoms with Gasteiger partial charge in [-0.15, -0.1) is 0 Å². The molecule has 0 radical (unpaired) electrons. The van der Waals surface area contributed by atoms with Crippen LogP contribution in [0.4, 0.5) is 13.2 Å². The smallest absolute Gasteiger partial charge is 0.185 e. The van der Waals surface area contributed by atoms with Gasteiger partial charge in [-0.2, -0.15) is 0 Å². The summed E-state index contributed by atoms with van der Waals surface area (Å²) in [6.45, 7) is 0. The van der Waals surface area contributed by atoms with Crippen LogP contribution in [0.3, 0.4) is 0 Å². The summed E-state index contributed by atoms with van der Waals surface area (Å²) in [7, 11) is 0. The van der Waals surface area contributed by atoms with Crippen LogP contribution in [0, 0.1) is 17.5 Å². The Bertz CT molecular complexity index is 483. The van der Waals surface area contributed by atoms with Gasteiger partial charge in [0.25, 0.3) is 0 Å². The van der Waals surface area contributed by atoms with Crippen molar-refractivity contribution in [1.29, 1.82) is 0 Å². The van der Waals surface area contributed by atoms with E-state index in [1.54, 1.807) is 0 Å². The highest BCUT2D eigenvalue weighted by Crippen LogP contribution is 2.35. The molecule has 3 nitrogen and oxygen atoms in total. The molecule has 0 aliphatic heterocycles. The number of benzene rings is 1. The number of aliphatic hydroxyl groups excluding tert-OH is 1. The normalized spacial score (nSPS) is 28.5. The fraction of sp³-hybridized carbons (Fsp3) is 0.417. The Kier molecular flexibility index (Phi) is 3.16. The molecule has 2 atom stereocenters. The highest BCUT2D eigenvalue weighted by molar-refractivity contribution is 5.93. The Labute approximate surface area is 101 Å². The number of hydrogen-bond donors (Lipinski definition) is 2. The minimum absolute atomic E-state index is 0.0162. The predicted molar refractivity (Wildman–Crippen MR) is 57.0 cm³/mol. The zero-order valence-corrected chi connectivity index (χ0v) is 9.42. The summed E-state index contributed by atoms with van der Waals surface area (Å²) in [5.74, 6) is -4.34. The molecule has 6 heteroatoms. The molecule has 98 valence electrons. The summed E-state index contributed by atoms with van der Waals surface area (Å²) >= 11 is 0. The first-order chi connectivity index (χ1) is 8.36. The van der Waals surface area contributed by atoms with E-state index in [1.807, 2.05) is 0 Å². The average Bonchev–Trinajstić information content (AvgIpc) is 2.24. The van der Waals surface area contributed by atoms with Crippen molar-refractivity contribution in [2.45, 2.75) is 30.9 Å². The number of ketones is 1. The largest absolute Gasteiger partial charge is 0.385 e. The van der Waals surface area contributed by atoms with Crippen molar-refractivity contribution < 1.29 is 23.1 Å². The Morgan fingerprint density at radius 1 is 1.28 bits per heavy atom. The summed E-state index contributed by atoms with van der Waals surface area (Å²) in [6, 6.07) is 0.947. The fourth-order valence-corrected chi connectivity index (χ4v) is 2.34. The molecule has 0 amide bonds. The SMILES string of the molecule is NC1(c2c(F)cc(F)cc2F)CCCC(O)C1=O. The minimum atomic E-state index is -1.93. The van der Waals surface area contributed by atoms with Gasteiger partial charge in [-0.3, -0.25) is 4.79 Å². The van der Waals surface area contributed by atoms with Gasteiger partial charge in [0.05, 0.1) is 5.56 Å². The number of Topliss-reactive ketones (excluding diaryl/α,β-unsaturated/α-hetero) is 1. The Morgan fingerprint density at radius 2 is 1.83 bits per heavy atom. The molecule has 1 aliphatic rings. The maximum atomic E-state index is 13.6. The summed E-state index contributed by atoms with van der Waals surface area (Å²) in [4.78, 5) is 11.8. The average molecular weight is 259 g/mol. The molecule has 1 aromatic rings. The van der Waals surface area contributed by atoms with Gasteiger partial charge >= 0.3 is 0 Å². The third-order valence-electron chi connectivity index (χ3n) is 3.24. The van der Waals surface area contributed by atoms with Crippen LogP contribution in [-0.2, 0) is 10.3 Å². The van der Waals surface area contributed by atoms with Crippen LogP contribution in [0.15, 0.2) is 12.1 Å². The van der Waals surface area contributed by atoms with Gasteiger partial charge < -0.3 is 10.8 Å². The summed E-state index contributed by atoms with van der Waals surface area (Å²) in [5, 5.41) is 9.46. The highest BCUT2D eigenvalue weighted by atomic mass is 19.1. The van der Waals surface area contributed by atoms with E-state index in [0.717, 1.165) is 0 Å². The van der Waals surface area contributed by atoms with E-state index < -0.39 is 40.4 Å². The second kappa shape index (κ2) is 4.37. The lowest BCUT2D eigenvalue weighted by atomic mass is 9.74. The standard InChI is InChI=1S/C12H12F3NO2/c13-6-4-7(14)10(8(15)5-6)12(16)3-1-2-9(17)11(12)18/h4-5,9,17H,1-3,16H2. The van der Waals surface area contributed by atoms with Crippen LogP contribution in [0.2, 0.25) is 0 Å². The van der Waals surface area contributed by atoms with Crippen molar-refractivity contribution in [3.8, 4) is 0 Å². The van der Waals surface area contributed by atoms with Gasteiger partial charge in [-0.25, -0.2) is 13.2 Å². The van der Waals surface area contributed by atoms with E-state index >= 15 is 0 Å². The van der Waals surface area contributed by atoms with E-state index in [4.69, 9.17) is 5.73 Å². The van der Waals surface area contributed by atoms with Crippen molar-refractivity contribution in [2.24, 2.45) is 5.73 Å². The molecule has 0 saturated heterocycles. The van der Waals surface area contributed by atoms with Crippen LogP contribution in [0.1, 0.15) is 24.8 Å². The third-order valence-corrected chi connectivity index (χ3v) is 3.24. The van der Waals surface area contributed by atoms with Crippen molar-refractivity contribution in [3.05, 3.63) is 35.1 Å². The first kappa shape index (κ1) is 13.0. The van der Waals surface area contributed by atoms with Crippen molar-refractivity contribution in [2.75, 3.05) is 0 Å². The van der Waals surface area contributed by atoms with Crippen LogP contribution in [0.25, 0.3) is 0 Å². The van der Waals surface area contributed by atoms with Crippen molar-refractivity contribution in [1.82, 2.24) is 0 Å². The zero-order chi connectivity index (χ0) is 13.5. The van der Waals surface area contributed by atoms with Crippen molar-refractivity contribution >= 4 is 5.78 Å². The molecule has 1 aromatic carbocycles. The van der Waals surface area contributed by atoms with Crippen LogP contribution >= 0.6 is 0 Å². The number of carbonyl (C=O) groups excluding carboxylic acids is 1. The molecule has 3 N–H and O–H groups in total. The molecule has 1 aliphatic carbocycles. The highest BCUT2D eigenvalue weighted by Gasteiger charge is 2.45. The zero-order valence-electron chi connectivity index (χ0n) is 9.42. The topological polar surface area (TPSA) is 63.3 Å². The molecule has 0 bridgehead atoms. The van der Waals surface area contributed by atoms with E-state index in [1.165, 1.54) is 0 Å². The van der Waals surface area contributed by atoms with E-state index in [2.05, 4.69) is 0 Å². The van der Waals surface area contributed by atoms with Gasteiger partial charge in [0.2, 0.25) is 0 Å². The van der Waals surface area contributed by atoms with E-state index in [-0.39, 0.29) is 12.8 Å². The molecular formula is C12H12F3NO2.